The van der Waals surface area contributed by atoms with E-state index in [4.69, 9.17) is 39.8 Å². The zero-order valence-corrected chi connectivity index (χ0v) is 20.0. The number of allylic oxidation sites excluding steroid dienone is 3. The number of hydrogen-bond acceptors (Lipinski definition) is 5. The van der Waals surface area contributed by atoms with Gasteiger partial charge in [-0.1, -0.05) is 47.5 Å². The summed E-state index contributed by atoms with van der Waals surface area (Å²) in [5, 5.41) is 3.14. The molecule has 1 aromatic carbocycles. The Balaban J connectivity index is 1.46. The number of halogens is 3. The van der Waals surface area contributed by atoms with Crippen molar-refractivity contribution < 1.29 is 8.42 Å². The molecule has 2 atom stereocenters. The Bertz CT molecular complexity index is 1100. The van der Waals surface area contributed by atoms with Crippen LogP contribution in [0.25, 0.3) is 11.3 Å². The minimum Gasteiger partial charge on any atom is -0.345 e. The van der Waals surface area contributed by atoms with E-state index in [1.165, 1.54) is 15.6 Å². The number of benzene rings is 1. The molecule has 10 heteroatoms. The van der Waals surface area contributed by atoms with E-state index in [1.54, 1.807) is 43.4 Å². The van der Waals surface area contributed by atoms with E-state index in [-0.39, 0.29) is 0 Å². The van der Waals surface area contributed by atoms with E-state index in [1.807, 2.05) is 11.4 Å². The molecule has 5 nitrogen and oxygen atoms in total. The molecule has 1 fully saturated rings. The summed E-state index contributed by atoms with van der Waals surface area (Å²) in [6.07, 6.45) is 6.91. The first-order valence-electron chi connectivity index (χ1n) is 9.38. The van der Waals surface area contributed by atoms with Crippen LogP contribution in [-0.2, 0) is 10.0 Å². The fourth-order valence-corrected chi connectivity index (χ4v) is 7.42. The standard InChI is InChI=1S/C20H20Cl3N3O2S2/c1-20(23)7-3-2-4-18(20)30(27,28)26-10-8-25(9-11-26)19-24-17(13-29-19)15-6-5-14(21)12-16(15)22/h2-7,12-13,18H,8-11H2,1H3. The van der Waals surface area contributed by atoms with E-state index < -0.39 is 20.1 Å². The first-order chi connectivity index (χ1) is 14.2. The minimum absolute atomic E-state index is 0.389. The maximum absolute atomic E-state index is 13.2. The van der Waals surface area contributed by atoms with E-state index in [0.29, 0.717) is 36.2 Å². The highest BCUT2D eigenvalue weighted by Gasteiger charge is 2.43. The average Bonchev–Trinajstić information content (AvgIpc) is 3.17. The molecule has 1 aliphatic carbocycles. The van der Waals surface area contributed by atoms with Gasteiger partial charge in [-0.3, -0.25) is 0 Å². The van der Waals surface area contributed by atoms with Crippen LogP contribution in [0.2, 0.25) is 10.0 Å². The molecule has 0 spiro atoms. The van der Waals surface area contributed by atoms with Crippen LogP contribution in [0.15, 0.2) is 47.9 Å². The number of hydrogen-bond donors (Lipinski definition) is 0. The molecule has 0 N–H and O–H groups in total. The number of thiazole rings is 1. The molecule has 0 saturated carbocycles. The van der Waals surface area contributed by atoms with Crippen LogP contribution in [0.1, 0.15) is 6.92 Å². The summed E-state index contributed by atoms with van der Waals surface area (Å²) >= 11 is 20.3. The maximum atomic E-state index is 13.2. The van der Waals surface area contributed by atoms with Crippen LogP contribution in [-0.4, -0.2) is 54.0 Å². The number of aromatic nitrogens is 1. The molecule has 2 aromatic rings. The summed E-state index contributed by atoms with van der Waals surface area (Å²) in [6, 6.07) is 5.33. The van der Waals surface area contributed by atoms with Gasteiger partial charge >= 0.3 is 0 Å². The predicted octanol–water partition coefficient (Wildman–Crippen LogP) is 5.06. The average molecular weight is 505 g/mol. The topological polar surface area (TPSA) is 53.5 Å². The number of sulfonamides is 1. The van der Waals surface area contributed by atoms with Crippen molar-refractivity contribution in [1.82, 2.24) is 9.29 Å². The Morgan fingerprint density at radius 2 is 1.90 bits per heavy atom. The molecular formula is C20H20Cl3N3O2S2. The number of alkyl halides is 1. The van der Waals surface area contributed by atoms with Crippen molar-refractivity contribution in [1.29, 1.82) is 0 Å². The molecule has 2 heterocycles. The van der Waals surface area contributed by atoms with Gasteiger partial charge in [0, 0.05) is 42.1 Å². The van der Waals surface area contributed by atoms with Crippen molar-refractivity contribution in [2.24, 2.45) is 0 Å². The van der Waals surface area contributed by atoms with Gasteiger partial charge in [0.1, 0.15) is 5.25 Å². The molecule has 1 saturated heterocycles. The lowest BCUT2D eigenvalue weighted by Gasteiger charge is -2.38. The molecule has 2 unspecified atom stereocenters. The second-order valence-electron chi connectivity index (χ2n) is 7.39. The summed E-state index contributed by atoms with van der Waals surface area (Å²) < 4.78 is 27.8. The summed E-state index contributed by atoms with van der Waals surface area (Å²) in [5.74, 6) is 0. The van der Waals surface area contributed by atoms with Crippen molar-refractivity contribution in [3.63, 3.8) is 0 Å². The van der Waals surface area contributed by atoms with Gasteiger partial charge in [0.05, 0.1) is 15.6 Å². The summed E-state index contributed by atoms with van der Waals surface area (Å²) in [4.78, 5) is 5.85. The summed E-state index contributed by atoms with van der Waals surface area (Å²) in [7, 11) is -3.56. The summed E-state index contributed by atoms with van der Waals surface area (Å²) in [6.45, 7) is 3.63. The molecular weight excluding hydrogens is 485 g/mol. The third-order valence-corrected chi connectivity index (χ3v) is 9.58. The maximum Gasteiger partial charge on any atom is 0.222 e. The van der Waals surface area contributed by atoms with E-state index >= 15 is 0 Å². The molecule has 0 bridgehead atoms. The van der Waals surface area contributed by atoms with Crippen LogP contribution in [0.5, 0.6) is 0 Å². The first kappa shape index (κ1) is 22.1. The van der Waals surface area contributed by atoms with Crippen LogP contribution in [0.4, 0.5) is 5.13 Å². The Morgan fingerprint density at radius 1 is 1.17 bits per heavy atom. The molecule has 160 valence electrons. The van der Waals surface area contributed by atoms with Gasteiger partial charge in [-0.25, -0.2) is 13.4 Å². The third kappa shape index (κ3) is 4.29. The highest BCUT2D eigenvalue weighted by Crippen LogP contribution is 2.35. The van der Waals surface area contributed by atoms with Gasteiger partial charge in [-0.2, -0.15) is 4.31 Å². The Labute approximate surface area is 195 Å². The van der Waals surface area contributed by atoms with E-state index in [2.05, 4.69) is 4.90 Å². The highest BCUT2D eigenvalue weighted by atomic mass is 35.5. The van der Waals surface area contributed by atoms with Crippen LogP contribution in [0.3, 0.4) is 0 Å². The molecule has 30 heavy (non-hydrogen) atoms. The van der Waals surface area contributed by atoms with Gasteiger partial charge in [-0.05, 0) is 25.1 Å². The molecule has 0 radical (unpaired) electrons. The van der Waals surface area contributed by atoms with Gasteiger partial charge in [0.2, 0.25) is 10.0 Å². The van der Waals surface area contributed by atoms with E-state index in [0.717, 1.165) is 16.4 Å². The Hall–Kier alpha value is -1.09. The van der Waals surface area contributed by atoms with E-state index in [9.17, 15) is 8.42 Å². The van der Waals surface area contributed by atoms with Crippen molar-refractivity contribution in [3.05, 3.63) is 57.9 Å². The second-order valence-corrected chi connectivity index (χ2v) is 11.9. The van der Waals surface area contributed by atoms with Crippen LogP contribution in [0, 0.1) is 0 Å². The zero-order chi connectivity index (χ0) is 21.5. The Morgan fingerprint density at radius 3 is 2.57 bits per heavy atom. The monoisotopic (exact) mass is 503 g/mol. The molecule has 0 amide bonds. The van der Waals surface area contributed by atoms with Crippen LogP contribution >= 0.6 is 46.1 Å². The number of nitrogens with zero attached hydrogens (tertiary/aromatic N) is 3. The smallest absolute Gasteiger partial charge is 0.222 e. The number of rotatable bonds is 4. The van der Waals surface area contributed by atoms with Gasteiger partial charge in [0.15, 0.2) is 5.13 Å². The Kier molecular flexibility index (Phi) is 6.23. The first-order valence-corrected chi connectivity index (χ1v) is 12.9. The van der Waals surface area contributed by atoms with Crippen LogP contribution < -0.4 is 4.90 Å². The lowest BCUT2D eigenvalue weighted by molar-refractivity contribution is 0.379. The molecule has 1 aliphatic heterocycles. The van der Waals surface area contributed by atoms with Crippen molar-refractivity contribution in [3.8, 4) is 11.3 Å². The van der Waals surface area contributed by atoms with Crippen molar-refractivity contribution in [2.75, 3.05) is 31.1 Å². The predicted molar refractivity (Wildman–Crippen MR) is 127 cm³/mol. The fourth-order valence-electron chi connectivity index (χ4n) is 3.61. The number of piperazine rings is 1. The van der Waals surface area contributed by atoms with Crippen molar-refractivity contribution >= 4 is 61.3 Å². The van der Waals surface area contributed by atoms with Gasteiger partial charge < -0.3 is 4.90 Å². The van der Waals surface area contributed by atoms with Gasteiger partial charge in [-0.15, -0.1) is 22.9 Å². The molecule has 4 rings (SSSR count). The highest BCUT2D eigenvalue weighted by molar-refractivity contribution is 7.90. The normalized spacial score (nSPS) is 25.1. The summed E-state index contributed by atoms with van der Waals surface area (Å²) in [5.41, 5.74) is 1.60. The zero-order valence-electron chi connectivity index (χ0n) is 16.1. The van der Waals surface area contributed by atoms with Gasteiger partial charge in [0.25, 0.3) is 0 Å². The fraction of sp³-hybridized carbons (Fsp3) is 0.350. The largest absolute Gasteiger partial charge is 0.345 e. The molecule has 2 aliphatic rings. The SMILES string of the molecule is CC1(Cl)C=CC=CC1S(=O)(=O)N1CCN(c2nc(-c3ccc(Cl)cc3Cl)cs2)CC1. The van der Waals surface area contributed by atoms with Crippen molar-refractivity contribution in [2.45, 2.75) is 17.0 Å². The molecule has 1 aromatic heterocycles. The lowest BCUT2D eigenvalue weighted by atomic mass is 10.0. The quantitative estimate of drug-likeness (QED) is 0.546. The third-order valence-electron chi connectivity index (χ3n) is 5.26. The second kappa shape index (κ2) is 8.45. The minimum atomic E-state index is -3.56. The number of anilines is 1. The lowest BCUT2D eigenvalue weighted by Crippen LogP contribution is -2.54.